The van der Waals surface area contributed by atoms with Crippen molar-refractivity contribution in [2.24, 2.45) is 5.41 Å². The number of hydrogen-bond acceptors (Lipinski definition) is 5. The number of H-pyrrole nitrogens is 1. The highest BCUT2D eigenvalue weighted by atomic mass is 19.1. The third-order valence-corrected chi connectivity index (χ3v) is 8.21. The van der Waals surface area contributed by atoms with Gasteiger partial charge >= 0.3 is 0 Å². The molecule has 2 aromatic heterocycles. The molecule has 3 heterocycles. The summed E-state index contributed by atoms with van der Waals surface area (Å²) in [6.07, 6.45) is 11.1. The number of fused-ring (bicyclic) bond motifs is 1. The number of benzene rings is 1. The van der Waals surface area contributed by atoms with E-state index in [-0.39, 0.29) is 28.7 Å². The van der Waals surface area contributed by atoms with Crippen LogP contribution in [0.5, 0.6) is 5.88 Å². The standard InChI is InChI=1S/C32H41FN4O3/c1-20(38)37-27(16-21-6-8-26(33)25(14-21)29-34-12-13-35-29)28(39)9-7-23-18-32(10-5-11-32)40-30-24(23)15-22(19-36-30)17-31(2,3)4/h6,8,12-15,19,23,27-28,39H,5,7,9-11,16-18H2,1-4H3,(H,34,35)(H,37,38)/t23-,27-,28+/m0/s1. The van der Waals surface area contributed by atoms with Gasteiger partial charge in [-0.15, -0.1) is 0 Å². The van der Waals surface area contributed by atoms with Gasteiger partial charge in [-0.25, -0.2) is 14.4 Å². The summed E-state index contributed by atoms with van der Waals surface area (Å²) >= 11 is 0. The van der Waals surface area contributed by atoms with Crippen molar-refractivity contribution in [3.05, 3.63) is 65.4 Å². The van der Waals surface area contributed by atoms with Crippen molar-refractivity contribution in [3.8, 4) is 17.3 Å². The van der Waals surface area contributed by atoms with E-state index in [1.165, 1.54) is 18.6 Å². The van der Waals surface area contributed by atoms with Crippen molar-refractivity contribution in [1.29, 1.82) is 0 Å². The van der Waals surface area contributed by atoms with E-state index in [0.29, 0.717) is 24.2 Å². The van der Waals surface area contributed by atoms with Crippen LogP contribution in [-0.2, 0) is 17.6 Å². The Balaban J connectivity index is 1.33. The van der Waals surface area contributed by atoms with E-state index in [2.05, 4.69) is 42.1 Å². The Morgan fingerprint density at radius 2 is 2.05 bits per heavy atom. The van der Waals surface area contributed by atoms with Gasteiger partial charge in [0.1, 0.15) is 17.2 Å². The SMILES string of the molecule is CC(=O)N[C@@H](Cc1ccc(F)c(-c2ncc[nH]2)c1)[C@H](O)CC[C@H]1CC2(CCC2)Oc2ncc(CC(C)(C)C)cc21. The summed E-state index contributed by atoms with van der Waals surface area (Å²) in [5, 5.41) is 14.3. The molecule has 1 saturated carbocycles. The number of pyridine rings is 1. The lowest BCUT2D eigenvalue weighted by Crippen LogP contribution is -2.47. The van der Waals surface area contributed by atoms with Gasteiger partial charge in [0.05, 0.1) is 17.7 Å². The second-order valence-corrected chi connectivity index (χ2v) is 12.9. The molecule has 1 aromatic carbocycles. The number of aliphatic hydroxyl groups excluding tert-OH is 1. The average Bonchev–Trinajstić information content (AvgIpc) is 3.40. The molecule has 0 radical (unpaired) electrons. The molecule has 1 amide bonds. The predicted molar refractivity (Wildman–Crippen MR) is 152 cm³/mol. The van der Waals surface area contributed by atoms with Crippen molar-refractivity contribution in [2.45, 2.75) is 103 Å². The molecule has 40 heavy (non-hydrogen) atoms. The summed E-state index contributed by atoms with van der Waals surface area (Å²) in [6, 6.07) is 6.57. The molecule has 1 aliphatic carbocycles. The zero-order valence-corrected chi connectivity index (χ0v) is 24.0. The maximum absolute atomic E-state index is 14.5. The highest BCUT2D eigenvalue weighted by Gasteiger charge is 2.46. The Labute approximate surface area is 236 Å². The number of nitrogens with zero attached hydrogens (tertiary/aromatic N) is 2. The van der Waals surface area contributed by atoms with E-state index in [1.807, 2.05) is 6.20 Å². The number of amides is 1. The Bertz CT molecular complexity index is 1330. The quantitative estimate of drug-likeness (QED) is 0.310. The third-order valence-electron chi connectivity index (χ3n) is 8.21. The second kappa shape index (κ2) is 11.3. The van der Waals surface area contributed by atoms with Crippen LogP contribution in [0.3, 0.4) is 0 Å². The lowest BCUT2D eigenvalue weighted by atomic mass is 9.70. The maximum Gasteiger partial charge on any atom is 0.217 e. The Morgan fingerprint density at radius 3 is 2.70 bits per heavy atom. The molecule has 2 aliphatic rings. The maximum atomic E-state index is 14.5. The minimum Gasteiger partial charge on any atom is -0.471 e. The van der Waals surface area contributed by atoms with Crippen LogP contribution < -0.4 is 10.1 Å². The first-order valence-electron chi connectivity index (χ1n) is 14.4. The molecule has 0 unspecified atom stereocenters. The number of imidazole rings is 1. The second-order valence-electron chi connectivity index (χ2n) is 12.9. The Hall–Kier alpha value is -3.26. The van der Waals surface area contributed by atoms with Crippen molar-refractivity contribution in [3.63, 3.8) is 0 Å². The van der Waals surface area contributed by atoms with Crippen LogP contribution in [0.25, 0.3) is 11.4 Å². The summed E-state index contributed by atoms with van der Waals surface area (Å²) < 4.78 is 20.9. The van der Waals surface area contributed by atoms with E-state index in [9.17, 15) is 14.3 Å². The van der Waals surface area contributed by atoms with Gasteiger partial charge in [0.25, 0.3) is 0 Å². The zero-order chi connectivity index (χ0) is 28.5. The molecule has 214 valence electrons. The van der Waals surface area contributed by atoms with Gasteiger partial charge in [-0.1, -0.05) is 26.8 Å². The fourth-order valence-corrected chi connectivity index (χ4v) is 6.21. The van der Waals surface area contributed by atoms with Gasteiger partial charge in [0, 0.05) is 31.1 Å². The van der Waals surface area contributed by atoms with Crippen LogP contribution in [0.4, 0.5) is 4.39 Å². The molecule has 8 heteroatoms. The number of carbonyl (C=O) groups excluding carboxylic acids is 1. The summed E-state index contributed by atoms with van der Waals surface area (Å²) in [7, 11) is 0. The lowest BCUT2D eigenvalue weighted by molar-refractivity contribution is -0.120. The van der Waals surface area contributed by atoms with Crippen molar-refractivity contribution in [2.75, 3.05) is 0 Å². The monoisotopic (exact) mass is 548 g/mol. The molecule has 1 fully saturated rings. The number of rotatable bonds is 9. The molecule has 3 N–H and O–H groups in total. The Kier molecular flexibility index (Phi) is 8.00. The van der Waals surface area contributed by atoms with Crippen molar-refractivity contribution in [1.82, 2.24) is 20.3 Å². The minimum absolute atomic E-state index is 0.144. The van der Waals surface area contributed by atoms with E-state index >= 15 is 0 Å². The van der Waals surface area contributed by atoms with E-state index in [0.717, 1.165) is 55.5 Å². The van der Waals surface area contributed by atoms with Crippen LogP contribution >= 0.6 is 0 Å². The zero-order valence-electron chi connectivity index (χ0n) is 24.0. The summed E-state index contributed by atoms with van der Waals surface area (Å²) in [4.78, 5) is 23.9. The van der Waals surface area contributed by atoms with Crippen molar-refractivity contribution < 1.29 is 19.0 Å². The molecule has 3 aromatic rings. The molecule has 7 nitrogen and oxygen atoms in total. The first-order valence-corrected chi connectivity index (χ1v) is 14.4. The van der Waals surface area contributed by atoms with E-state index in [4.69, 9.17) is 9.72 Å². The normalized spacial score (nSPS) is 19.3. The van der Waals surface area contributed by atoms with Gasteiger partial charge in [-0.05, 0) is 92.0 Å². The molecule has 5 rings (SSSR count). The summed E-state index contributed by atoms with van der Waals surface area (Å²) in [5.41, 5.74) is 3.51. The number of aliphatic hydroxyl groups is 1. The molecule has 3 atom stereocenters. The summed E-state index contributed by atoms with van der Waals surface area (Å²) in [6.45, 7) is 8.12. The smallest absolute Gasteiger partial charge is 0.217 e. The highest BCUT2D eigenvalue weighted by molar-refractivity contribution is 5.73. The fourth-order valence-electron chi connectivity index (χ4n) is 6.21. The van der Waals surface area contributed by atoms with Gasteiger partial charge in [-0.3, -0.25) is 4.79 Å². The lowest BCUT2D eigenvalue weighted by Gasteiger charge is -2.47. The van der Waals surface area contributed by atoms with Gasteiger partial charge in [0.15, 0.2) is 0 Å². The largest absolute Gasteiger partial charge is 0.471 e. The van der Waals surface area contributed by atoms with Crippen LogP contribution in [0, 0.1) is 11.2 Å². The van der Waals surface area contributed by atoms with E-state index in [1.54, 1.807) is 24.5 Å². The molecular formula is C32H41FN4O3. The third kappa shape index (κ3) is 6.54. The number of carbonyl (C=O) groups is 1. The number of hydrogen-bond donors (Lipinski definition) is 3. The first kappa shape index (κ1) is 28.3. The Morgan fingerprint density at radius 1 is 1.25 bits per heavy atom. The average molecular weight is 549 g/mol. The first-order chi connectivity index (χ1) is 19.0. The van der Waals surface area contributed by atoms with Crippen LogP contribution in [0.2, 0.25) is 0 Å². The van der Waals surface area contributed by atoms with E-state index < -0.39 is 12.1 Å². The molecular weight excluding hydrogens is 507 g/mol. The topological polar surface area (TPSA) is 100 Å². The van der Waals surface area contributed by atoms with Crippen LogP contribution in [-0.4, -0.2) is 43.7 Å². The van der Waals surface area contributed by atoms with Gasteiger partial charge < -0.3 is 20.1 Å². The highest BCUT2D eigenvalue weighted by Crippen LogP contribution is 2.50. The number of nitrogens with one attached hydrogen (secondary N) is 2. The number of aromatic amines is 1. The number of halogens is 1. The fraction of sp³-hybridized carbons (Fsp3) is 0.531. The molecule has 1 aliphatic heterocycles. The van der Waals surface area contributed by atoms with Crippen LogP contribution in [0.15, 0.2) is 42.9 Å². The molecule has 0 bridgehead atoms. The molecule has 0 saturated heterocycles. The number of aromatic nitrogens is 3. The van der Waals surface area contributed by atoms with Crippen molar-refractivity contribution >= 4 is 5.91 Å². The number of ether oxygens (including phenoxy) is 1. The minimum atomic E-state index is -0.768. The van der Waals surface area contributed by atoms with Gasteiger partial charge in [-0.2, -0.15) is 0 Å². The summed E-state index contributed by atoms with van der Waals surface area (Å²) in [5.74, 6) is 0.813. The van der Waals surface area contributed by atoms with Gasteiger partial charge in [0.2, 0.25) is 11.8 Å². The predicted octanol–water partition coefficient (Wildman–Crippen LogP) is 5.88. The molecule has 1 spiro atoms. The van der Waals surface area contributed by atoms with Crippen LogP contribution in [0.1, 0.15) is 88.8 Å².